The van der Waals surface area contributed by atoms with Gasteiger partial charge in [-0.05, 0) is 26.0 Å². The fourth-order valence-corrected chi connectivity index (χ4v) is 2.76. The van der Waals surface area contributed by atoms with Crippen LogP contribution in [0.15, 0.2) is 36.5 Å². The first-order valence-electron chi connectivity index (χ1n) is 6.95. The van der Waals surface area contributed by atoms with Gasteiger partial charge in [0.2, 0.25) is 0 Å². The molecule has 1 aliphatic heterocycles. The lowest BCUT2D eigenvalue weighted by molar-refractivity contribution is 0.0654. The fourth-order valence-electron chi connectivity index (χ4n) is 2.76. The maximum absolute atomic E-state index is 12.8. The van der Waals surface area contributed by atoms with Gasteiger partial charge >= 0.3 is 0 Å². The Bertz CT molecular complexity index is 646. The second-order valence-corrected chi connectivity index (χ2v) is 5.92. The molecule has 1 amide bonds. The van der Waals surface area contributed by atoms with Gasteiger partial charge in [-0.25, -0.2) is 0 Å². The van der Waals surface area contributed by atoms with E-state index in [-0.39, 0.29) is 11.4 Å². The van der Waals surface area contributed by atoms with E-state index in [2.05, 4.69) is 24.1 Å². The Balaban J connectivity index is 1.97. The van der Waals surface area contributed by atoms with Crippen LogP contribution in [-0.4, -0.2) is 41.0 Å². The van der Waals surface area contributed by atoms with E-state index >= 15 is 0 Å². The molecule has 1 saturated heterocycles. The molecule has 0 unspecified atom stereocenters. The van der Waals surface area contributed by atoms with Gasteiger partial charge in [-0.15, -0.1) is 0 Å². The molecule has 0 spiro atoms. The average Bonchev–Trinajstić information content (AvgIpc) is 2.45. The summed E-state index contributed by atoms with van der Waals surface area (Å²) in [6.45, 7) is 6.53. The molecule has 4 nitrogen and oxygen atoms in total. The highest BCUT2D eigenvalue weighted by Gasteiger charge is 2.29. The topological polar surface area (TPSA) is 45.2 Å². The molecule has 0 bridgehead atoms. The summed E-state index contributed by atoms with van der Waals surface area (Å²) >= 11 is 0. The highest BCUT2D eigenvalue weighted by atomic mass is 16.2. The van der Waals surface area contributed by atoms with Crippen molar-refractivity contribution in [2.45, 2.75) is 19.4 Å². The second-order valence-electron chi connectivity index (χ2n) is 5.92. The van der Waals surface area contributed by atoms with Gasteiger partial charge in [-0.2, -0.15) is 0 Å². The number of benzene rings is 1. The van der Waals surface area contributed by atoms with Crippen molar-refractivity contribution in [1.29, 1.82) is 0 Å². The number of aromatic nitrogens is 1. The zero-order chi connectivity index (χ0) is 14.2. The summed E-state index contributed by atoms with van der Waals surface area (Å²) in [7, 11) is 0. The first kappa shape index (κ1) is 13.1. The minimum atomic E-state index is -0.0358. The van der Waals surface area contributed by atoms with Crippen LogP contribution in [0.1, 0.15) is 24.2 Å². The summed E-state index contributed by atoms with van der Waals surface area (Å²) in [5.74, 6) is 0.0730. The number of para-hydroxylation sites is 1. The van der Waals surface area contributed by atoms with E-state index in [1.165, 1.54) is 0 Å². The minimum absolute atomic E-state index is 0.0358. The molecule has 1 N–H and O–H groups in total. The van der Waals surface area contributed by atoms with Crippen molar-refractivity contribution < 1.29 is 4.79 Å². The maximum atomic E-state index is 12.8. The van der Waals surface area contributed by atoms with Crippen molar-refractivity contribution in [3.8, 4) is 0 Å². The number of carbonyl (C=O) groups excluding carboxylic acids is 1. The summed E-state index contributed by atoms with van der Waals surface area (Å²) in [5.41, 5.74) is 1.45. The van der Waals surface area contributed by atoms with E-state index in [1.807, 2.05) is 35.2 Å². The predicted molar refractivity (Wildman–Crippen MR) is 79.7 cm³/mol. The Morgan fingerprint density at radius 3 is 2.90 bits per heavy atom. The van der Waals surface area contributed by atoms with Gasteiger partial charge in [-0.3, -0.25) is 9.78 Å². The number of hydrogen-bond acceptors (Lipinski definition) is 3. The maximum Gasteiger partial charge on any atom is 0.256 e. The summed E-state index contributed by atoms with van der Waals surface area (Å²) in [6, 6.07) is 9.66. The third-order valence-corrected chi connectivity index (χ3v) is 3.72. The van der Waals surface area contributed by atoms with Crippen molar-refractivity contribution in [2.24, 2.45) is 0 Å². The van der Waals surface area contributed by atoms with Crippen LogP contribution in [0.25, 0.3) is 10.9 Å². The number of nitrogens with zero attached hydrogens (tertiary/aromatic N) is 2. The fraction of sp³-hybridized carbons (Fsp3) is 0.375. The molecule has 20 heavy (non-hydrogen) atoms. The lowest BCUT2D eigenvalue weighted by atomic mass is 10.0. The largest absolute Gasteiger partial charge is 0.335 e. The summed E-state index contributed by atoms with van der Waals surface area (Å²) in [4.78, 5) is 19.0. The first-order valence-corrected chi connectivity index (χ1v) is 6.95. The van der Waals surface area contributed by atoms with Crippen LogP contribution in [0, 0.1) is 0 Å². The Hall–Kier alpha value is -1.94. The van der Waals surface area contributed by atoms with E-state index in [0.29, 0.717) is 5.56 Å². The standard InChI is InChI=1S/C16H19N3O/c1-16(2)11-19(10-9-18-16)15(20)13-7-3-5-12-6-4-8-17-14(12)13/h3-8,18H,9-11H2,1-2H3. The van der Waals surface area contributed by atoms with Crippen LogP contribution < -0.4 is 5.32 Å². The predicted octanol–water partition coefficient (Wildman–Crippen LogP) is 2.06. The Labute approximate surface area is 118 Å². The molecule has 0 saturated carbocycles. The number of rotatable bonds is 1. The van der Waals surface area contributed by atoms with Crippen LogP contribution >= 0.6 is 0 Å². The summed E-state index contributed by atoms with van der Waals surface area (Å²) < 4.78 is 0. The van der Waals surface area contributed by atoms with Crippen molar-refractivity contribution in [3.05, 3.63) is 42.1 Å². The number of fused-ring (bicyclic) bond motifs is 1. The third kappa shape index (κ3) is 2.39. The summed E-state index contributed by atoms with van der Waals surface area (Å²) in [5, 5.41) is 4.43. The van der Waals surface area contributed by atoms with Gasteiger partial charge in [0.05, 0.1) is 11.1 Å². The molecule has 2 aromatic rings. The van der Waals surface area contributed by atoms with Crippen molar-refractivity contribution in [3.63, 3.8) is 0 Å². The lowest BCUT2D eigenvalue weighted by Gasteiger charge is -2.39. The van der Waals surface area contributed by atoms with E-state index in [9.17, 15) is 4.79 Å². The lowest BCUT2D eigenvalue weighted by Crippen LogP contribution is -2.58. The normalized spacial score (nSPS) is 18.2. The van der Waals surface area contributed by atoms with Crippen molar-refractivity contribution in [2.75, 3.05) is 19.6 Å². The van der Waals surface area contributed by atoms with E-state index in [1.54, 1.807) is 6.20 Å². The van der Waals surface area contributed by atoms with E-state index < -0.39 is 0 Å². The van der Waals surface area contributed by atoms with E-state index in [4.69, 9.17) is 0 Å². The molecule has 1 aromatic heterocycles. The zero-order valence-electron chi connectivity index (χ0n) is 11.9. The van der Waals surface area contributed by atoms with Gasteiger partial charge < -0.3 is 10.2 Å². The molecule has 1 fully saturated rings. The monoisotopic (exact) mass is 269 g/mol. The summed E-state index contributed by atoms with van der Waals surface area (Å²) in [6.07, 6.45) is 1.74. The Kier molecular flexibility index (Phi) is 3.18. The molecule has 3 rings (SSSR count). The highest BCUT2D eigenvalue weighted by Crippen LogP contribution is 2.20. The molecule has 0 radical (unpaired) electrons. The molecule has 0 atom stereocenters. The molecule has 104 valence electrons. The van der Waals surface area contributed by atoms with Crippen molar-refractivity contribution in [1.82, 2.24) is 15.2 Å². The van der Waals surface area contributed by atoms with Gasteiger partial charge in [0.1, 0.15) is 0 Å². The zero-order valence-corrected chi connectivity index (χ0v) is 11.9. The van der Waals surface area contributed by atoms with Crippen LogP contribution in [-0.2, 0) is 0 Å². The van der Waals surface area contributed by atoms with Gasteiger partial charge in [0.25, 0.3) is 5.91 Å². The SMILES string of the molecule is CC1(C)CN(C(=O)c2cccc3cccnc23)CCN1. The molecule has 1 aliphatic rings. The number of pyridine rings is 1. The third-order valence-electron chi connectivity index (χ3n) is 3.72. The molecular formula is C16H19N3O. The molecular weight excluding hydrogens is 250 g/mol. The highest BCUT2D eigenvalue weighted by molar-refractivity contribution is 6.05. The minimum Gasteiger partial charge on any atom is -0.335 e. The molecule has 4 heteroatoms. The first-order chi connectivity index (χ1) is 9.57. The van der Waals surface area contributed by atoms with Crippen LogP contribution in [0.5, 0.6) is 0 Å². The van der Waals surface area contributed by atoms with Crippen LogP contribution in [0.2, 0.25) is 0 Å². The number of carbonyl (C=O) groups is 1. The second kappa shape index (κ2) is 4.87. The quantitative estimate of drug-likeness (QED) is 0.862. The Morgan fingerprint density at radius 2 is 2.10 bits per heavy atom. The number of piperazine rings is 1. The Morgan fingerprint density at radius 1 is 1.30 bits per heavy atom. The molecule has 0 aliphatic carbocycles. The number of nitrogens with one attached hydrogen (secondary N) is 1. The van der Waals surface area contributed by atoms with Gasteiger partial charge in [-0.1, -0.05) is 18.2 Å². The van der Waals surface area contributed by atoms with Crippen LogP contribution in [0.4, 0.5) is 0 Å². The van der Waals surface area contributed by atoms with E-state index in [0.717, 1.165) is 30.5 Å². The van der Waals surface area contributed by atoms with Gasteiger partial charge in [0, 0.05) is 36.8 Å². The van der Waals surface area contributed by atoms with Crippen LogP contribution in [0.3, 0.4) is 0 Å². The average molecular weight is 269 g/mol. The van der Waals surface area contributed by atoms with Crippen molar-refractivity contribution >= 4 is 16.8 Å². The van der Waals surface area contributed by atoms with Gasteiger partial charge in [0.15, 0.2) is 0 Å². The number of hydrogen-bond donors (Lipinski definition) is 1. The molecule has 1 aromatic carbocycles. The molecule has 2 heterocycles. The number of amides is 1. The smallest absolute Gasteiger partial charge is 0.256 e.